The van der Waals surface area contributed by atoms with Gasteiger partial charge in [0.1, 0.15) is 0 Å². The Kier molecular flexibility index (Phi) is 9.17. The fourth-order valence-electron chi connectivity index (χ4n) is 2.99. The zero-order valence-corrected chi connectivity index (χ0v) is 18.3. The van der Waals surface area contributed by atoms with Crippen LogP contribution in [0.25, 0.3) is 11.3 Å². The van der Waals surface area contributed by atoms with Gasteiger partial charge in [-0.05, 0) is 31.0 Å². The number of rotatable bonds is 7. The minimum absolute atomic E-state index is 0.112. The highest BCUT2D eigenvalue weighted by molar-refractivity contribution is 7.09. The van der Waals surface area contributed by atoms with Crippen molar-refractivity contribution in [3.05, 3.63) is 80.8 Å². The minimum atomic E-state index is -1.82. The summed E-state index contributed by atoms with van der Waals surface area (Å²) in [5.41, 5.74) is 3.54. The molecule has 0 fully saturated rings. The largest absolute Gasteiger partial charge is 0.473 e. The van der Waals surface area contributed by atoms with Crippen LogP contribution in [0.15, 0.2) is 65.5 Å². The third-order valence-electron chi connectivity index (χ3n) is 4.66. The second-order valence-corrected chi connectivity index (χ2v) is 8.01. The molecular weight excluding hydrogens is 416 g/mol. The number of carboxylic acid groups (broad SMARTS) is 2. The maximum absolute atomic E-state index is 12.2. The Balaban J connectivity index is 0.000000501. The van der Waals surface area contributed by atoms with E-state index in [0.29, 0.717) is 0 Å². The van der Waals surface area contributed by atoms with Crippen LogP contribution in [-0.2, 0) is 29.5 Å². The fourth-order valence-corrected chi connectivity index (χ4v) is 3.97. The van der Waals surface area contributed by atoms with Gasteiger partial charge in [-0.15, -0.1) is 0 Å². The third kappa shape index (κ3) is 7.51. The standard InChI is InChI=1S/C21H24N2OS.C2H2O4/c1-22(15-13-17-9-5-3-6-10-17)16-14-19-20(23(2)21(24)25-19)18-11-7-4-8-12-18;3-1(4)2(5)6/h3-12H,13-16H2,1-2H3;(H,3,4)(H,5,6). The van der Waals surface area contributed by atoms with Crippen LogP contribution < -0.4 is 4.87 Å². The van der Waals surface area contributed by atoms with Crippen LogP contribution >= 0.6 is 11.3 Å². The number of benzene rings is 2. The number of aromatic nitrogens is 1. The predicted octanol–water partition coefficient (Wildman–Crippen LogP) is 2.99. The molecule has 0 saturated heterocycles. The van der Waals surface area contributed by atoms with Crippen LogP contribution in [0.4, 0.5) is 0 Å². The molecule has 3 aromatic rings. The van der Waals surface area contributed by atoms with Crippen LogP contribution in [-0.4, -0.2) is 51.8 Å². The molecule has 7 nitrogen and oxygen atoms in total. The van der Waals surface area contributed by atoms with Crippen molar-refractivity contribution in [1.82, 2.24) is 9.47 Å². The third-order valence-corrected chi connectivity index (χ3v) is 5.75. The molecule has 1 aromatic heterocycles. The van der Waals surface area contributed by atoms with E-state index in [4.69, 9.17) is 19.8 Å². The first-order valence-electron chi connectivity index (χ1n) is 9.72. The van der Waals surface area contributed by atoms with Crippen LogP contribution in [0.5, 0.6) is 0 Å². The van der Waals surface area contributed by atoms with Crippen molar-refractivity contribution in [3.63, 3.8) is 0 Å². The summed E-state index contributed by atoms with van der Waals surface area (Å²) in [6.07, 6.45) is 1.95. The SMILES string of the molecule is CN(CCc1ccccc1)CCc1sc(=O)n(C)c1-c1ccccc1.O=C(O)C(=O)O. The molecule has 0 amide bonds. The molecule has 0 bridgehead atoms. The van der Waals surface area contributed by atoms with E-state index in [1.54, 1.807) is 4.57 Å². The highest BCUT2D eigenvalue weighted by atomic mass is 32.1. The van der Waals surface area contributed by atoms with E-state index in [1.165, 1.54) is 21.8 Å². The first-order chi connectivity index (χ1) is 14.8. The van der Waals surface area contributed by atoms with E-state index in [2.05, 4.69) is 54.4 Å². The van der Waals surface area contributed by atoms with Crippen molar-refractivity contribution in [1.29, 1.82) is 0 Å². The van der Waals surface area contributed by atoms with Crippen LogP contribution in [0, 0.1) is 0 Å². The van der Waals surface area contributed by atoms with Gasteiger partial charge in [0.25, 0.3) is 0 Å². The van der Waals surface area contributed by atoms with E-state index in [1.807, 2.05) is 25.2 Å². The van der Waals surface area contributed by atoms with Crippen LogP contribution in [0.2, 0.25) is 0 Å². The zero-order valence-electron chi connectivity index (χ0n) is 17.5. The molecule has 0 saturated carbocycles. The lowest BCUT2D eigenvalue weighted by Gasteiger charge is -2.16. The Bertz CT molecular complexity index is 1030. The van der Waals surface area contributed by atoms with Gasteiger partial charge in [-0.25, -0.2) is 9.59 Å². The minimum Gasteiger partial charge on any atom is -0.473 e. The number of carbonyl (C=O) groups is 2. The molecule has 2 aromatic carbocycles. The fraction of sp³-hybridized carbons (Fsp3) is 0.261. The summed E-state index contributed by atoms with van der Waals surface area (Å²) in [6, 6.07) is 20.8. The van der Waals surface area contributed by atoms with Gasteiger partial charge < -0.3 is 19.7 Å². The molecule has 1 heterocycles. The van der Waals surface area contributed by atoms with E-state index in [9.17, 15) is 4.79 Å². The van der Waals surface area contributed by atoms with Crippen molar-refractivity contribution in [2.45, 2.75) is 12.8 Å². The Morgan fingerprint density at radius 2 is 1.42 bits per heavy atom. The number of thiazole rings is 1. The zero-order chi connectivity index (χ0) is 22.8. The number of likely N-dealkylation sites (N-methyl/N-ethyl adjacent to an activating group) is 1. The van der Waals surface area contributed by atoms with Gasteiger partial charge in [-0.2, -0.15) is 0 Å². The monoisotopic (exact) mass is 442 g/mol. The molecule has 8 heteroatoms. The van der Waals surface area contributed by atoms with Gasteiger partial charge in [0, 0.05) is 25.0 Å². The summed E-state index contributed by atoms with van der Waals surface area (Å²) in [5, 5.41) is 14.8. The Labute approximate surface area is 184 Å². The first kappa shape index (κ1) is 24.0. The molecule has 0 radical (unpaired) electrons. The van der Waals surface area contributed by atoms with E-state index < -0.39 is 11.9 Å². The Morgan fingerprint density at radius 1 is 0.903 bits per heavy atom. The lowest BCUT2D eigenvalue weighted by molar-refractivity contribution is -0.159. The lowest BCUT2D eigenvalue weighted by Crippen LogP contribution is -2.23. The molecule has 0 aliphatic rings. The predicted molar refractivity (Wildman–Crippen MR) is 122 cm³/mol. The normalized spacial score (nSPS) is 10.4. The maximum Gasteiger partial charge on any atom is 0.414 e. The number of aliphatic carboxylic acids is 2. The molecule has 2 N–H and O–H groups in total. The van der Waals surface area contributed by atoms with Gasteiger partial charge in [0.05, 0.1) is 5.69 Å². The molecule has 0 aliphatic heterocycles. The van der Waals surface area contributed by atoms with Crippen molar-refractivity contribution in [2.75, 3.05) is 20.1 Å². The van der Waals surface area contributed by atoms with Gasteiger partial charge in [-0.1, -0.05) is 72.0 Å². The molecule has 31 heavy (non-hydrogen) atoms. The van der Waals surface area contributed by atoms with Crippen molar-refractivity contribution in [3.8, 4) is 11.3 Å². The molecule has 0 atom stereocenters. The van der Waals surface area contributed by atoms with Gasteiger partial charge in [-0.3, -0.25) is 4.79 Å². The summed E-state index contributed by atoms with van der Waals surface area (Å²) in [4.78, 5) is 34.0. The summed E-state index contributed by atoms with van der Waals surface area (Å²) < 4.78 is 1.78. The van der Waals surface area contributed by atoms with E-state index in [0.717, 1.165) is 37.2 Å². The molecule has 0 unspecified atom stereocenters. The quantitative estimate of drug-likeness (QED) is 0.546. The molecule has 3 rings (SSSR count). The highest BCUT2D eigenvalue weighted by Crippen LogP contribution is 2.25. The second-order valence-electron chi connectivity index (χ2n) is 6.96. The molecule has 164 valence electrons. The lowest BCUT2D eigenvalue weighted by atomic mass is 10.1. The number of hydrogen-bond donors (Lipinski definition) is 2. The smallest absolute Gasteiger partial charge is 0.414 e. The van der Waals surface area contributed by atoms with Gasteiger partial charge >= 0.3 is 16.8 Å². The van der Waals surface area contributed by atoms with E-state index in [-0.39, 0.29) is 4.87 Å². The van der Waals surface area contributed by atoms with Gasteiger partial charge in [0.2, 0.25) is 0 Å². The average molecular weight is 443 g/mol. The molecule has 0 aliphatic carbocycles. The number of carboxylic acids is 2. The topological polar surface area (TPSA) is 99.8 Å². The van der Waals surface area contributed by atoms with Crippen LogP contribution in [0.1, 0.15) is 10.4 Å². The Hall–Kier alpha value is -3.23. The summed E-state index contributed by atoms with van der Waals surface area (Å²) in [5.74, 6) is -3.65. The summed E-state index contributed by atoms with van der Waals surface area (Å²) >= 11 is 1.37. The van der Waals surface area contributed by atoms with E-state index >= 15 is 0 Å². The van der Waals surface area contributed by atoms with Crippen molar-refractivity contribution >= 4 is 23.3 Å². The average Bonchev–Trinajstić information content (AvgIpc) is 3.06. The summed E-state index contributed by atoms with van der Waals surface area (Å²) in [7, 11) is 4.01. The maximum atomic E-state index is 12.2. The molecular formula is C23H26N2O5S. The van der Waals surface area contributed by atoms with Crippen molar-refractivity contribution in [2.24, 2.45) is 7.05 Å². The molecule has 0 spiro atoms. The van der Waals surface area contributed by atoms with Gasteiger partial charge in [0.15, 0.2) is 0 Å². The van der Waals surface area contributed by atoms with Crippen molar-refractivity contribution < 1.29 is 19.8 Å². The first-order valence-corrected chi connectivity index (χ1v) is 10.5. The highest BCUT2D eigenvalue weighted by Gasteiger charge is 2.14. The summed E-state index contributed by atoms with van der Waals surface area (Å²) in [6.45, 7) is 1.97. The van der Waals surface area contributed by atoms with Crippen LogP contribution in [0.3, 0.4) is 0 Å². The number of hydrogen-bond acceptors (Lipinski definition) is 5. The number of nitrogens with zero attached hydrogens (tertiary/aromatic N) is 2. The second kappa shape index (κ2) is 11.8. The Morgan fingerprint density at radius 3 is 1.97 bits per heavy atom.